The Hall–Kier alpha value is -0.140. The van der Waals surface area contributed by atoms with Gasteiger partial charge in [-0.15, -0.1) is 0 Å². The van der Waals surface area contributed by atoms with Crippen LogP contribution in [0.3, 0.4) is 0 Å². The number of aliphatic hydroxyl groups is 1. The smallest absolute Gasteiger partial charge is 0.481 e. The first kappa shape index (κ1) is 39.4. The summed E-state index contributed by atoms with van der Waals surface area (Å²) in [5.41, 5.74) is 0. The van der Waals surface area contributed by atoms with Crippen LogP contribution in [0.5, 0.6) is 0 Å². The van der Waals surface area contributed by atoms with Crippen molar-refractivity contribution < 1.29 is 58.8 Å². The number of carboxylic acids is 1. The number of hydrogen-bond acceptors (Lipinski definition) is 5. The Morgan fingerprint density at radius 2 is 1.34 bits per heavy atom. The summed E-state index contributed by atoms with van der Waals surface area (Å²) in [6.45, 7) is 4.37. The standard InChI is InChI=1S/C14H26O3.C12H22O3.CH4.CH3.Na/c1-4-5-6-7-12-11(10-14(15)17-3)8-9-13(12)16-2;1-2-3-4-5-10-9(8-12(14)15)6-7-11(10)13;;;/h11-13H,4-10H2,1-3H3;9-11,13H,2-8H2,1H3,(H,14,15);1H4;1H3;/q;;;-1;+1. The van der Waals surface area contributed by atoms with E-state index in [4.69, 9.17) is 14.6 Å². The van der Waals surface area contributed by atoms with E-state index in [-0.39, 0.29) is 74.7 Å². The van der Waals surface area contributed by atoms with Crippen LogP contribution in [0, 0.1) is 31.1 Å². The predicted molar refractivity (Wildman–Crippen MR) is 140 cm³/mol. The van der Waals surface area contributed by atoms with Gasteiger partial charge in [-0.3, -0.25) is 9.59 Å². The van der Waals surface area contributed by atoms with E-state index in [0.717, 1.165) is 38.5 Å². The van der Waals surface area contributed by atoms with Gasteiger partial charge >= 0.3 is 41.5 Å². The molecule has 2 aliphatic carbocycles. The van der Waals surface area contributed by atoms with Crippen molar-refractivity contribution in [2.24, 2.45) is 23.7 Å². The van der Waals surface area contributed by atoms with Gasteiger partial charge in [-0.2, -0.15) is 0 Å². The number of carbonyl (C=O) groups is 2. The van der Waals surface area contributed by atoms with Crippen molar-refractivity contribution in [3.8, 4) is 0 Å². The van der Waals surface area contributed by atoms with Gasteiger partial charge in [0.15, 0.2) is 0 Å². The first-order chi connectivity index (χ1) is 15.4. The van der Waals surface area contributed by atoms with E-state index in [1.807, 2.05) is 0 Å². The SMILES string of the molecule is C.CCCCCC1C(CC(=O)OC)CCC1OC.CCCCCC1C(O)CCC1CC(=O)O.[CH3-].[Na+]. The maximum absolute atomic E-state index is 11.4. The zero-order chi connectivity index (χ0) is 23.9. The monoisotopic (exact) mass is 510 g/mol. The van der Waals surface area contributed by atoms with Gasteiger partial charge in [0.1, 0.15) is 0 Å². The quantitative estimate of drug-likeness (QED) is 0.170. The van der Waals surface area contributed by atoms with E-state index >= 15 is 0 Å². The maximum Gasteiger partial charge on any atom is 1.00 e. The van der Waals surface area contributed by atoms with Crippen LogP contribution in [0.25, 0.3) is 0 Å². The maximum atomic E-state index is 11.4. The molecule has 6 atom stereocenters. The molecular weight excluding hydrogens is 455 g/mol. The molecule has 0 aromatic carbocycles. The third-order valence-corrected chi connectivity index (χ3v) is 7.52. The van der Waals surface area contributed by atoms with Crippen LogP contribution in [0.4, 0.5) is 0 Å². The minimum Gasteiger partial charge on any atom is -0.481 e. The van der Waals surface area contributed by atoms with Crippen molar-refractivity contribution in [3.05, 3.63) is 7.43 Å². The van der Waals surface area contributed by atoms with Crippen molar-refractivity contribution >= 4 is 11.9 Å². The molecule has 6 unspecified atom stereocenters. The number of hydrogen-bond donors (Lipinski definition) is 2. The topological polar surface area (TPSA) is 93.1 Å². The molecule has 0 heterocycles. The number of carboxylic acid groups (broad SMARTS) is 1. The second-order valence-corrected chi connectivity index (χ2v) is 9.71. The fourth-order valence-electron chi connectivity index (χ4n) is 5.67. The second kappa shape index (κ2) is 23.0. The van der Waals surface area contributed by atoms with Crippen LogP contribution >= 0.6 is 0 Å². The minimum absolute atomic E-state index is 0. The van der Waals surface area contributed by atoms with Gasteiger partial charge in [0.25, 0.3) is 0 Å². The molecule has 35 heavy (non-hydrogen) atoms. The van der Waals surface area contributed by atoms with Gasteiger partial charge in [-0.25, -0.2) is 0 Å². The largest absolute Gasteiger partial charge is 1.00 e. The van der Waals surface area contributed by atoms with Crippen LogP contribution in [-0.2, 0) is 19.1 Å². The van der Waals surface area contributed by atoms with Gasteiger partial charge in [0.2, 0.25) is 0 Å². The second-order valence-electron chi connectivity index (χ2n) is 9.71. The Kier molecular flexibility index (Phi) is 25.9. The fourth-order valence-corrected chi connectivity index (χ4v) is 5.67. The Labute approximate surface area is 238 Å². The molecule has 0 spiro atoms. The van der Waals surface area contributed by atoms with Gasteiger partial charge in [0.05, 0.1) is 19.3 Å². The number of esters is 1. The summed E-state index contributed by atoms with van der Waals surface area (Å²) in [5, 5.41) is 18.5. The van der Waals surface area contributed by atoms with Gasteiger partial charge in [-0.1, -0.05) is 59.8 Å². The van der Waals surface area contributed by atoms with E-state index in [2.05, 4.69) is 13.8 Å². The number of carbonyl (C=O) groups excluding carboxylic acids is 1. The third-order valence-electron chi connectivity index (χ3n) is 7.52. The number of unbranched alkanes of at least 4 members (excludes halogenated alkanes) is 4. The summed E-state index contributed by atoms with van der Waals surface area (Å²) in [7, 11) is 3.26. The summed E-state index contributed by atoms with van der Waals surface area (Å²) < 4.78 is 10.3. The Balaban J connectivity index is -0.000000542. The molecule has 0 aromatic rings. The molecule has 6 nitrogen and oxygen atoms in total. The molecule has 7 heteroatoms. The molecule has 2 aliphatic rings. The molecule has 0 bridgehead atoms. The van der Waals surface area contributed by atoms with Crippen LogP contribution in [0.15, 0.2) is 0 Å². The zero-order valence-corrected chi connectivity index (χ0v) is 24.9. The molecule has 2 saturated carbocycles. The van der Waals surface area contributed by atoms with Crippen molar-refractivity contribution in [2.45, 2.75) is 123 Å². The Morgan fingerprint density at radius 1 is 0.829 bits per heavy atom. The van der Waals surface area contributed by atoms with Gasteiger partial charge < -0.3 is 27.1 Å². The number of rotatable bonds is 13. The molecule has 0 aromatic heterocycles. The molecule has 0 aliphatic heterocycles. The van der Waals surface area contributed by atoms with Gasteiger partial charge in [0, 0.05) is 20.0 Å². The molecule has 0 radical (unpaired) electrons. The van der Waals surface area contributed by atoms with Crippen LogP contribution in [0.2, 0.25) is 0 Å². The summed E-state index contributed by atoms with van der Waals surface area (Å²) in [6.07, 6.45) is 14.2. The summed E-state index contributed by atoms with van der Waals surface area (Å²) in [5.74, 6) is 0.638. The number of methoxy groups -OCH3 is 2. The van der Waals surface area contributed by atoms with E-state index in [0.29, 0.717) is 24.4 Å². The Morgan fingerprint density at radius 3 is 1.83 bits per heavy atom. The molecular formula is C28H55NaO6. The summed E-state index contributed by atoms with van der Waals surface area (Å²) in [6, 6.07) is 0. The van der Waals surface area contributed by atoms with Crippen LogP contribution in [0.1, 0.15) is 111 Å². The normalized spacial score (nSPS) is 26.9. The van der Waals surface area contributed by atoms with E-state index in [1.54, 1.807) is 7.11 Å². The average molecular weight is 511 g/mol. The van der Waals surface area contributed by atoms with Crippen molar-refractivity contribution in [2.75, 3.05) is 14.2 Å². The first-order valence-corrected chi connectivity index (χ1v) is 12.9. The fraction of sp³-hybridized carbons (Fsp3) is 0.893. The first-order valence-electron chi connectivity index (χ1n) is 12.9. The average Bonchev–Trinajstić information content (AvgIpc) is 3.31. The number of aliphatic hydroxyl groups excluding tert-OH is 1. The predicted octanol–water partition coefficient (Wildman–Crippen LogP) is 3.69. The molecule has 0 amide bonds. The van der Waals surface area contributed by atoms with E-state index < -0.39 is 5.97 Å². The molecule has 204 valence electrons. The number of ether oxygens (including phenoxy) is 2. The zero-order valence-electron chi connectivity index (χ0n) is 22.9. The molecule has 0 saturated heterocycles. The summed E-state index contributed by atoms with van der Waals surface area (Å²) in [4.78, 5) is 22.0. The van der Waals surface area contributed by atoms with Crippen LogP contribution in [-0.4, -0.2) is 48.6 Å². The molecule has 2 N–H and O–H groups in total. The van der Waals surface area contributed by atoms with Crippen molar-refractivity contribution in [1.29, 1.82) is 0 Å². The summed E-state index contributed by atoms with van der Waals surface area (Å²) >= 11 is 0. The third kappa shape index (κ3) is 15.0. The van der Waals surface area contributed by atoms with Crippen LogP contribution < -0.4 is 29.6 Å². The number of aliphatic carboxylic acids is 1. The molecule has 2 rings (SSSR count). The van der Waals surface area contributed by atoms with E-state index in [9.17, 15) is 14.7 Å². The van der Waals surface area contributed by atoms with E-state index in [1.165, 1.54) is 45.6 Å². The molecule has 2 fully saturated rings. The van der Waals surface area contributed by atoms with Crippen molar-refractivity contribution in [3.63, 3.8) is 0 Å². The Bertz CT molecular complexity index is 530. The van der Waals surface area contributed by atoms with Gasteiger partial charge in [-0.05, 0) is 62.2 Å². The van der Waals surface area contributed by atoms with Crippen molar-refractivity contribution in [1.82, 2.24) is 0 Å². The minimum atomic E-state index is -0.727.